The quantitative estimate of drug-likeness (QED) is 0.516. The van der Waals surface area contributed by atoms with Gasteiger partial charge in [-0.25, -0.2) is 4.39 Å². The van der Waals surface area contributed by atoms with Gasteiger partial charge in [0.05, 0.1) is 16.4 Å². The molecule has 0 saturated heterocycles. The number of aryl methyl sites for hydroxylation is 1. The second-order valence-electron chi connectivity index (χ2n) is 4.55. The summed E-state index contributed by atoms with van der Waals surface area (Å²) in [5.41, 5.74) is 1.13. The maximum atomic E-state index is 14.0. The number of rotatable bonds is 2. The standard InChI is InChI=1S/C14H8ClFN2O3/c1-7-4-10-13(6-12(7)18(19)20)21-17-14(10)9-3-2-8(15)5-11(9)16/h2-6H,1H3. The van der Waals surface area contributed by atoms with Crippen LogP contribution in [-0.4, -0.2) is 10.1 Å². The molecule has 0 radical (unpaired) electrons. The van der Waals surface area contributed by atoms with E-state index in [9.17, 15) is 14.5 Å². The molecule has 0 aliphatic carbocycles. The highest BCUT2D eigenvalue weighted by atomic mass is 35.5. The van der Waals surface area contributed by atoms with Crippen molar-refractivity contribution in [2.45, 2.75) is 6.92 Å². The molecule has 0 fully saturated rings. The SMILES string of the molecule is Cc1cc2c(-c3ccc(Cl)cc3F)noc2cc1[N+](=O)[O-]. The summed E-state index contributed by atoms with van der Waals surface area (Å²) < 4.78 is 19.1. The summed E-state index contributed by atoms with van der Waals surface area (Å²) in [5, 5.41) is 15.5. The fraction of sp³-hybridized carbons (Fsp3) is 0.0714. The first-order chi connectivity index (χ1) is 9.97. The molecule has 7 heteroatoms. The van der Waals surface area contributed by atoms with Crippen LogP contribution >= 0.6 is 11.6 Å². The maximum Gasteiger partial charge on any atom is 0.276 e. The molecule has 0 aliphatic heterocycles. The molecule has 0 unspecified atom stereocenters. The van der Waals surface area contributed by atoms with Gasteiger partial charge in [-0.1, -0.05) is 16.8 Å². The number of halogens is 2. The normalized spacial score (nSPS) is 11.0. The summed E-state index contributed by atoms with van der Waals surface area (Å²) in [6.07, 6.45) is 0. The van der Waals surface area contributed by atoms with Crippen LogP contribution in [-0.2, 0) is 0 Å². The van der Waals surface area contributed by atoms with E-state index in [1.807, 2.05) is 0 Å². The van der Waals surface area contributed by atoms with Crippen LogP contribution < -0.4 is 0 Å². The van der Waals surface area contributed by atoms with E-state index in [-0.39, 0.29) is 27.6 Å². The van der Waals surface area contributed by atoms with E-state index in [0.29, 0.717) is 10.9 Å². The second-order valence-corrected chi connectivity index (χ2v) is 4.98. The largest absolute Gasteiger partial charge is 0.355 e. The van der Waals surface area contributed by atoms with Crippen LogP contribution in [0.2, 0.25) is 5.02 Å². The Bertz CT molecular complexity index is 876. The molecule has 5 nitrogen and oxygen atoms in total. The van der Waals surface area contributed by atoms with Crippen LogP contribution in [0.1, 0.15) is 5.56 Å². The zero-order valence-electron chi connectivity index (χ0n) is 10.8. The Labute approximate surface area is 123 Å². The number of nitro groups is 1. The predicted molar refractivity (Wildman–Crippen MR) is 75.8 cm³/mol. The van der Waals surface area contributed by atoms with Crippen LogP contribution in [0.15, 0.2) is 34.9 Å². The molecule has 1 heterocycles. The molecule has 0 aliphatic rings. The van der Waals surface area contributed by atoms with E-state index in [0.717, 1.165) is 0 Å². The first-order valence-electron chi connectivity index (χ1n) is 5.97. The van der Waals surface area contributed by atoms with Crippen molar-refractivity contribution in [1.82, 2.24) is 5.16 Å². The summed E-state index contributed by atoms with van der Waals surface area (Å²) in [4.78, 5) is 10.4. The van der Waals surface area contributed by atoms with Crippen LogP contribution in [0.25, 0.3) is 22.2 Å². The van der Waals surface area contributed by atoms with Gasteiger partial charge in [0.25, 0.3) is 5.69 Å². The number of hydrogen-bond acceptors (Lipinski definition) is 4. The van der Waals surface area contributed by atoms with Crippen LogP contribution in [0, 0.1) is 22.9 Å². The van der Waals surface area contributed by atoms with Gasteiger partial charge in [0.15, 0.2) is 5.58 Å². The monoisotopic (exact) mass is 306 g/mol. The minimum atomic E-state index is -0.534. The van der Waals surface area contributed by atoms with Crippen molar-refractivity contribution >= 4 is 28.3 Å². The van der Waals surface area contributed by atoms with Gasteiger partial charge in [0, 0.05) is 16.1 Å². The summed E-state index contributed by atoms with van der Waals surface area (Å²) in [6.45, 7) is 1.60. The lowest BCUT2D eigenvalue weighted by molar-refractivity contribution is -0.385. The maximum absolute atomic E-state index is 14.0. The molecule has 0 atom stereocenters. The Balaban J connectivity index is 2.25. The highest BCUT2D eigenvalue weighted by molar-refractivity contribution is 6.30. The van der Waals surface area contributed by atoms with Crippen molar-refractivity contribution in [3.05, 3.63) is 56.8 Å². The number of fused-ring (bicyclic) bond motifs is 1. The first-order valence-corrected chi connectivity index (χ1v) is 6.35. The molecule has 0 saturated carbocycles. The van der Waals surface area contributed by atoms with Crippen LogP contribution in [0.3, 0.4) is 0 Å². The topological polar surface area (TPSA) is 69.2 Å². The van der Waals surface area contributed by atoms with E-state index >= 15 is 0 Å². The van der Waals surface area contributed by atoms with Crippen LogP contribution in [0.4, 0.5) is 10.1 Å². The number of hydrogen-bond donors (Lipinski definition) is 0. The molecule has 2 aromatic carbocycles. The van der Waals surface area contributed by atoms with E-state index < -0.39 is 10.7 Å². The van der Waals surface area contributed by atoms with Gasteiger partial charge < -0.3 is 4.52 Å². The third-order valence-electron chi connectivity index (χ3n) is 3.17. The molecule has 1 aromatic heterocycles. The Morgan fingerprint density at radius 2 is 2.10 bits per heavy atom. The molecule has 3 rings (SSSR count). The lowest BCUT2D eigenvalue weighted by Gasteiger charge is -2.01. The zero-order chi connectivity index (χ0) is 15.1. The highest BCUT2D eigenvalue weighted by Gasteiger charge is 2.19. The highest BCUT2D eigenvalue weighted by Crippen LogP contribution is 2.34. The second kappa shape index (κ2) is 4.82. The number of nitro benzene ring substituents is 1. The van der Waals surface area contributed by atoms with Gasteiger partial charge in [-0.05, 0) is 31.2 Å². The Morgan fingerprint density at radius 3 is 2.76 bits per heavy atom. The van der Waals surface area contributed by atoms with Crippen molar-refractivity contribution in [2.75, 3.05) is 0 Å². The lowest BCUT2D eigenvalue weighted by atomic mass is 10.0. The molecule has 0 amide bonds. The Hall–Kier alpha value is -2.47. The summed E-state index contributed by atoms with van der Waals surface area (Å²) in [7, 11) is 0. The predicted octanol–water partition coefficient (Wildman–Crippen LogP) is 4.50. The van der Waals surface area contributed by atoms with Gasteiger partial charge in [-0.3, -0.25) is 10.1 Å². The molecule has 0 N–H and O–H groups in total. The van der Waals surface area contributed by atoms with E-state index in [2.05, 4.69) is 5.16 Å². The van der Waals surface area contributed by atoms with Gasteiger partial charge in [0.2, 0.25) is 0 Å². The third-order valence-corrected chi connectivity index (χ3v) is 3.41. The van der Waals surface area contributed by atoms with E-state index in [1.54, 1.807) is 19.1 Å². The number of benzene rings is 2. The van der Waals surface area contributed by atoms with Crippen molar-refractivity contribution in [2.24, 2.45) is 0 Å². The summed E-state index contributed by atoms with van der Waals surface area (Å²) >= 11 is 5.72. The van der Waals surface area contributed by atoms with Crippen molar-refractivity contribution in [3.63, 3.8) is 0 Å². The molecular weight excluding hydrogens is 299 g/mol. The number of nitrogens with zero attached hydrogens (tertiary/aromatic N) is 2. The molecule has 0 bridgehead atoms. The van der Waals surface area contributed by atoms with Gasteiger partial charge in [-0.2, -0.15) is 0 Å². The average molecular weight is 307 g/mol. The lowest BCUT2D eigenvalue weighted by Crippen LogP contribution is -1.91. The van der Waals surface area contributed by atoms with Crippen molar-refractivity contribution < 1.29 is 13.8 Å². The smallest absolute Gasteiger partial charge is 0.276 e. The van der Waals surface area contributed by atoms with E-state index in [4.69, 9.17) is 16.1 Å². The van der Waals surface area contributed by atoms with Crippen molar-refractivity contribution in [1.29, 1.82) is 0 Å². The molecule has 0 spiro atoms. The number of aromatic nitrogens is 1. The van der Waals surface area contributed by atoms with Crippen molar-refractivity contribution in [3.8, 4) is 11.3 Å². The average Bonchev–Trinajstić information content (AvgIpc) is 2.80. The Kier molecular flexibility index (Phi) is 3.10. The van der Waals surface area contributed by atoms with Gasteiger partial charge in [0.1, 0.15) is 11.5 Å². The molecule has 3 aromatic rings. The first kappa shape index (κ1) is 13.5. The third kappa shape index (κ3) is 2.23. The van der Waals surface area contributed by atoms with E-state index in [1.165, 1.54) is 18.2 Å². The molecule has 21 heavy (non-hydrogen) atoms. The van der Waals surface area contributed by atoms with Gasteiger partial charge in [-0.15, -0.1) is 0 Å². The zero-order valence-corrected chi connectivity index (χ0v) is 11.5. The summed E-state index contributed by atoms with van der Waals surface area (Å²) in [5.74, 6) is -0.534. The fourth-order valence-electron chi connectivity index (χ4n) is 2.15. The Morgan fingerprint density at radius 1 is 1.33 bits per heavy atom. The minimum absolute atomic E-state index is 0.0678. The van der Waals surface area contributed by atoms with Gasteiger partial charge >= 0.3 is 0 Å². The van der Waals surface area contributed by atoms with Crippen LogP contribution in [0.5, 0.6) is 0 Å². The molecular formula is C14H8ClFN2O3. The minimum Gasteiger partial charge on any atom is -0.355 e. The summed E-state index contributed by atoms with van der Waals surface area (Å²) in [6, 6.07) is 7.06. The molecule has 106 valence electrons. The fourth-order valence-corrected chi connectivity index (χ4v) is 2.31.